The summed E-state index contributed by atoms with van der Waals surface area (Å²) in [5.41, 5.74) is 9.38. The van der Waals surface area contributed by atoms with E-state index in [0.717, 1.165) is 17.1 Å². The molecule has 0 spiro atoms. The molecule has 0 saturated heterocycles. The Kier molecular flexibility index (Phi) is 5.82. The third-order valence-electron chi connectivity index (χ3n) is 8.15. The number of aromatic nitrogens is 1. The van der Waals surface area contributed by atoms with Crippen molar-refractivity contribution in [2.24, 2.45) is 0 Å². The van der Waals surface area contributed by atoms with Gasteiger partial charge in [0.2, 0.25) is 0 Å². The maximum absolute atomic E-state index is 2.43. The monoisotopic (exact) mass is 536 g/mol. The van der Waals surface area contributed by atoms with Crippen molar-refractivity contribution >= 4 is 49.6 Å². The second-order valence-electron chi connectivity index (χ2n) is 10.6. The summed E-state index contributed by atoms with van der Waals surface area (Å²) in [6.07, 6.45) is 0. The number of hydrogen-bond acceptors (Lipinski definition) is 1. The van der Waals surface area contributed by atoms with Crippen molar-refractivity contribution in [2.45, 2.75) is 0 Å². The first kappa shape index (κ1) is 24.2. The summed E-state index contributed by atoms with van der Waals surface area (Å²) in [7, 11) is 0. The highest BCUT2D eigenvalue weighted by Gasteiger charge is 2.17. The predicted molar refractivity (Wildman–Crippen MR) is 178 cm³/mol. The van der Waals surface area contributed by atoms with E-state index in [1.54, 1.807) is 0 Å². The average molecular weight is 537 g/mol. The summed E-state index contributed by atoms with van der Waals surface area (Å²) in [6, 6.07) is 60.8. The van der Waals surface area contributed by atoms with Crippen LogP contribution in [0.5, 0.6) is 0 Å². The summed E-state index contributed by atoms with van der Waals surface area (Å²) in [6.45, 7) is 0. The van der Waals surface area contributed by atoms with Gasteiger partial charge in [0.05, 0.1) is 16.7 Å². The Balaban J connectivity index is 1.29. The quantitative estimate of drug-likeness (QED) is 0.212. The SMILES string of the molecule is c1ccc(N(c2ccccc2)c2ccc(-c3ccccc3-n3c4ccccc4c4cc5ccccc5cc43)cc2)cc1. The normalized spacial score (nSPS) is 11.3. The van der Waals surface area contributed by atoms with Crippen LogP contribution >= 0.6 is 0 Å². The highest BCUT2D eigenvalue weighted by atomic mass is 15.1. The van der Waals surface area contributed by atoms with Crippen LogP contribution in [0.2, 0.25) is 0 Å². The minimum absolute atomic E-state index is 1.12. The summed E-state index contributed by atoms with van der Waals surface area (Å²) in [5, 5.41) is 5.05. The lowest BCUT2D eigenvalue weighted by atomic mass is 10.0. The standard InChI is InChI=1S/C40H28N2/c1-3-15-32(16-4-1)41(33-17-5-2-6-18-33)34-25-23-29(24-26-34)35-19-9-11-21-38(35)42-39-22-12-10-20-36(39)37-27-30-13-7-8-14-31(30)28-40(37)42/h1-28H. The molecule has 0 atom stereocenters. The third-order valence-corrected chi connectivity index (χ3v) is 8.15. The van der Waals surface area contributed by atoms with E-state index in [9.17, 15) is 0 Å². The highest BCUT2D eigenvalue weighted by molar-refractivity contribution is 6.14. The molecule has 42 heavy (non-hydrogen) atoms. The van der Waals surface area contributed by atoms with Gasteiger partial charge in [0, 0.05) is 33.4 Å². The van der Waals surface area contributed by atoms with Crippen LogP contribution in [0.4, 0.5) is 17.1 Å². The molecule has 2 nitrogen and oxygen atoms in total. The number of nitrogens with zero attached hydrogens (tertiary/aromatic N) is 2. The molecule has 0 aliphatic rings. The fourth-order valence-corrected chi connectivity index (χ4v) is 6.22. The summed E-state index contributed by atoms with van der Waals surface area (Å²) < 4.78 is 2.43. The van der Waals surface area contributed by atoms with Crippen LogP contribution in [0, 0.1) is 0 Å². The minimum atomic E-state index is 1.12. The van der Waals surface area contributed by atoms with Crippen molar-refractivity contribution in [1.82, 2.24) is 4.57 Å². The Bertz CT molecular complexity index is 2140. The molecule has 0 aliphatic heterocycles. The number of anilines is 3. The van der Waals surface area contributed by atoms with Crippen LogP contribution in [0.15, 0.2) is 170 Å². The molecule has 1 heterocycles. The molecule has 198 valence electrons. The fourth-order valence-electron chi connectivity index (χ4n) is 6.22. The largest absolute Gasteiger partial charge is 0.311 e. The second kappa shape index (κ2) is 10.1. The van der Waals surface area contributed by atoms with Gasteiger partial charge < -0.3 is 9.47 Å². The average Bonchev–Trinajstić information content (AvgIpc) is 3.38. The van der Waals surface area contributed by atoms with E-state index in [2.05, 4.69) is 179 Å². The smallest absolute Gasteiger partial charge is 0.0547 e. The second-order valence-corrected chi connectivity index (χ2v) is 10.6. The van der Waals surface area contributed by atoms with Gasteiger partial charge in [-0.05, 0) is 77.0 Å². The lowest BCUT2D eigenvalue weighted by Crippen LogP contribution is -2.09. The summed E-state index contributed by atoms with van der Waals surface area (Å²) >= 11 is 0. The molecule has 0 amide bonds. The van der Waals surface area contributed by atoms with Crippen molar-refractivity contribution in [3.63, 3.8) is 0 Å². The van der Waals surface area contributed by atoms with E-state index in [4.69, 9.17) is 0 Å². The highest BCUT2D eigenvalue weighted by Crippen LogP contribution is 2.39. The van der Waals surface area contributed by atoms with Crippen molar-refractivity contribution < 1.29 is 0 Å². The van der Waals surface area contributed by atoms with E-state index in [-0.39, 0.29) is 0 Å². The van der Waals surface area contributed by atoms with E-state index < -0.39 is 0 Å². The van der Waals surface area contributed by atoms with E-state index in [1.807, 2.05) is 0 Å². The van der Waals surface area contributed by atoms with Crippen LogP contribution < -0.4 is 4.90 Å². The van der Waals surface area contributed by atoms with Gasteiger partial charge in [-0.25, -0.2) is 0 Å². The number of fused-ring (bicyclic) bond motifs is 4. The van der Waals surface area contributed by atoms with Gasteiger partial charge >= 0.3 is 0 Å². The molecule has 8 aromatic rings. The van der Waals surface area contributed by atoms with Crippen LogP contribution in [0.3, 0.4) is 0 Å². The number of benzene rings is 7. The van der Waals surface area contributed by atoms with Crippen molar-refractivity contribution in [2.75, 3.05) is 4.90 Å². The van der Waals surface area contributed by atoms with Crippen molar-refractivity contribution in [3.8, 4) is 16.8 Å². The van der Waals surface area contributed by atoms with Crippen LogP contribution in [0.25, 0.3) is 49.4 Å². The van der Waals surface area contributed by atoms with Crippen molar-refractivity contribution in [1.29, 1.82) is 0 Å². The first-order valence-corrected chi connectivity index (χ1v) is 14.4. The molecule has 7 aromatic carbocycles. The maximum atomic E-state index is 2.43. The van der Waals surface area contributed by atoms with Gasteiger partial charge in [0.15, 0.2) is 0 Å². The lowest BCUT2D eigenvalue weighted by molar-refractivity contribution is 1.18. The van der Waals surface area contributed by atoms with E-state index in [1.165, 1.54) is 49.4 Å². The predicted octanol–water partition coefficient (Wildman–Crippen LogP) is 11.1. The molecule has 0 fully saturated rings. The van der Waals surface area contributed by atoms with Gasteiger partial charge in [0.1, 0.15) is 0 Å². The zero-order valence-electron chi connectivity index (χ0n) is 23.1. The first-order chi connectivity index (χ1) is 20.8. The topological polar surface area (TPSA) is 8.17 Å². The van der Waals surface area contributed by atoms with Gasteiger partial charge in [-0.15, -0.1) is 0 Å². The Morgan fingerprint density at radius 3 is 1.64 bits per heavy atom. The molecular formula is C40H28N2. The molecule has 0 N–H and O–H groups in total. The molecule has 2 heteroatoms. The lowest BCUT2D eigenvalue weighted by Gasteiger charge is -2.25. The van der Waals surface area contributed by atoms with E-state index in [0.29, 0.717) is 0 Å². The van der Waals surface area contributed by atoms with Gasteiger partial charge in [-0.1, -0.05) is 109 Å². The zero-order valence-corrected chi connectivity index (χ0v) is 23.1. The molecule has 1 aromatic heterocycles. The van der Waals surface area contributed by atoms with Crippen LogP contribution in [-0.4, -0.2) is 4.57 Å². The van der Waals surface area contributed by atoms with Crippen LogP contribution in [0.1, 0.15) is 0 Å². The van der Waals surface area contributed by atoms with E-state index >= 15 is 0 Å². The number of rotatable bonds is 5. The molecule has 0 aliphatic carbocycles. The summed E-state index contributed by atoms with van der Waals surface area (Å²) in [4.78, 5) is 2.30. The summed E-state index contributed by atoms with van der Waals surface area (Å²) in [5.74, 6) is 0. The molecule has 0 unspecified atom stereocenters. The fraction of sp³-hybridized carbons (Fsp3) is 0. The minimum Gasteiger partial charge on any atom is -0.311 e. The van der Waals surface area contributed by atoms with Crippen LogP contribution in [-0.2, 0) is 0 Å². The van der Waals surface area contributed by atoms with Gasteiger partial charge in [0.25, 0.3) is 0 Å². The third kappa shape index (κ3) is 4.05. The molecule has 0 bridgehead atoms. The Labute approximate surface area is 245 Å². The Morgan fingerprint density at radius 2 is 0.929 bits per heavy atom. The Hall–Kier alpha value is -5.60. The van der Waals surface area contributed by atoms with Gasteiger partial charge in [-0.2, -0.15) is 0 Å². The molecule has 0 radical (unpaired) electrons. The van der Waals surface area contributed by atoms with Gasteiger partial charge in [-0.3, -0.25) is 0 Å². The first-order valence-electron chi connectivity index (χ1n) is 14.4. The maximum Gasteiger partial charge on any atom is 0.0547 e. The number of para-hydroxylation sites is 4. The molecule has 0 saturated carbocycles. The Morgan fingerprint density at radius 1 is 0.381 bits per heavy atom. The molecule has 8 rings (SSSR count). The zero-order chi connectivity index (χ0) is 27.9. The molecular weight excluding hydrogens is 508 g/mol. The van der Waals surface area contributed by atoms with Crippen molar-refractivity contribution in [3.05, 3.63) is 170 Å². The number of hydrogen-bond donors (Lipinski definition) is 0.